The van der Waals surface area contributed by atoms with E-state index in [4.69, 9.17) is 33.8 Å². The van der Waals surface area contributed by atoms with Crippen LogP contribution in [0.25, 0.3) is 22.1 Å². The Balaban J connectivity index is 0.000000148. The number of carboxylic acid groups (broad SMARTS) is 1. The van der Waals surface area contributed by atoms with Gasteiger partial charge in [0.15, 0.2) is 11.4 Å². The summed E-state index contributed by atoms with van der Waals surface area (Å²) in [5, 5.41) is 12.3. The van der Waals surface area contributed by atoms with Gasteiger partial charge in [0.25, 0.3) is 12.0 Å². The number of aromatic nitrogens is 5. The van der Waals surface area contributed by atoms with Gasteiger partial charge in [-0.1, -0.05) is 18.1 Å². The summed E-state index contributed by atoms with van der Waals surface area (Å²) in [6.45, 7) is 8.35. The highest BCUT2D eigenvalue weighted by atomic mass is 16.6. The van der Waals surface area contributed by atoms with Crippen LogP contribution in [0.5, 0.6) is 0 Å². The molecule has 7 heterocycles. The average molecular weight is 680 g/mol. The summed E-state index contributed by atoms with van der Waals surface area (Å²) in [6, 6.07) is 12.0. The van der Waals surface area contributed by atoms with Gasteiger partial charge in [0.2, 0.25) is 0 Å². The summed E-state index contributed by atoms with van der Waals surface area (Å²) < 4.78 is 19.2. The molecule has 50 heavy (non-hydrogen) atoms. The highest BCUT2D eigenvalue weighted by Crippen LogP contribution is 2.42. The van der Waals surface area contributed by atoms with Crippen LogP contribution in [0, 0.1) is 18.8 Å². The van der Waals surface area contributed by atoms with Gasteiger partial charge < -0.3 is 33.8 Å². The van der Waals surface area contributed by atoms with Crippen molar-refractivity contribution in [1.29, 1.82) is 0 Å². The zero-order valence-corrected chi connectivity index (χ0v) is 28.5. The molecule has 0 amide bonds. The Kier molecular flexibility index (Phi) is 9.31. The molecule has 0 radical (unpaired) electrons. The molecule has 4 aliphatic rings. The SMILES string of the molecule is Cc1cc(C#Cc2c[nH]c(=O)c(N3CCOC4(COC4)C3C)c2)nn1C.O=CO.c1ccc2c(c1)oc1c(N3CCCC3)nc(C3CC3)nc12. The first-order valence-corrected chi connectivity index (χ1v) is 17.1. The predicted octanol–water partition coefficient (Wildman–Crippen LogP) is 4.37. The summed E-state index contributed by atoms with van der Waals surface area (Å²) in [7, 11) is 1.89. The Morgan fingerprint density at radius 2 is 1.84 bits per heavy atom. The Labute approximate surface area is 289 Å². The van der Waals surface area contributed by atoms with E-state index < -0.39 is 0 Å². The second-order valence-corrected chi connectivity index (χ2v) is 13.2. The van der Waals surface area contributed by atoms with Gasteiger partial charge >= 0.3 is 0 Å². The van der Waals surface area contributed by atoms with Crippen LogP contribution in [-0.4, -0.2) is 87.4 Å². The maximum atomic E-state index is 12.4. The first-order chi connectivity index (χ1) is 24.3. The Bertz CT molecular complexity index is 2110. The fraction of sp³-hybridized carbons (Fsp3) is 0.432. The number of rotatable bonds is 3. The van der Waals surface area contributed by atoms with Crippen LogP contribution >= 0.6 is 0 Å². The van der Waals surface area contributed by atoms with E-state index in [1.54, 1.807) is 10.9 Å². The average Bonchev–Trinajstić information content (AvgIpc) is 3.51. The topological polar surface area (TPSA) is 152 Å². The molecule has 3 aliphatic heterocycles. The Morgan fingerprint density at radius 1 is 1.08 bits per heavy atom. The number of hydrogen-bond acceptors (Lipinski definition) is 10. The first kappa shape index (κ1) is 33.3. The minimum Gasteiger partial charge on any atom is -0.483 e. The van der Waals surface area contributed by atoms with E-state index in [2.05, 4.69) is 44.7 Å². The third kappa shape index (κ3) is 6.56. The van der Waals surface area contributed by atoms with Crippen molar-refractivity contribution in [3.63, 3.8) is 0 Å². The number of aromatic amines is 1. The van der Waals surface area contributed by atoms with Crippen LogP contribution in [0.2, 0.25) is 0 Å². The summed E-state index contributed by atoms with van der Waals surface area (Å²) in [6.07, 6.45) is 6.57. The number of aryl methyl sites for hydroxylation is 2. The number of furan rings is 1. The molecule has 1 aliphatic carbocycles. The molecule has 3 saturated heterocycles. The second kappa shape index (κ2) is 14.0. The van der Waals surface area contributed by atoms with Crippen molar-refractivity contribution in [3.8, 4) is 11.8 Å². The quantitative estimate of drug-likeness (QED) is 0.207. The maximum absolute atomic E-state index is 12.4. The van der Waals surface area contributed by atoms with Crippen molar-refractivity contribution < 1.29 is 23.8 Å². The van der Waals surface area contributed by atoms with Gasteiger partial charge in [-0.25, -0.2) is 9.97 Å². The van der Waals surface area contributed by atoms with Crippen LogP contribution < -0.4 is 15.4 Å². The largest absolute Gasteiger partial charge is 0.483 e. The molecule has 1 unspecified atom stereocenters. The highest BCUT2D eigenvalue weighted by Gasteiger charge is 2.50. The molecule has 0 bridgehead atoms. The predicted molar refractivity (Wildman–Crippen MR) is 189 cm³/mol. The molecule has 5 aromatic rings. The van der Waals surface area contributed by atoms with Gasteiger partial charge in [-0.3, -0.25) is 14.3 Å². The lowest BCUT2D eigenvalue weighted by Crippen LogP contribution is -2.68. The number of anilines is 2. The van der Waals surface area contributed by atoms with Crippen LogP contribution in [0.3, 0.4) is 0 Å². The van der Waals surface area contributed by atoms with E-state index in [0.29, 0.717) is 43.7 Å². The van der Waals surface area contributed by atoms with E-state index in [1.165, 1.54) is 25.7 Å². The Hall–Kier alpha value is -5.19. The maximum Gasteiger partial charge on any atom is 0.290 e. The zero-order valence-electron chi connectivity index (χ0n) is 28.5. The summed E-state index contributed by atoms with van der Waals surface area (Å²) >= 11 is 0. The van der Waals surface area contributed by atoms with Crippen molar-refractivity contribution in [1.82, 2.24) is 24.7 Å². The molecule has 13 nitrogen and oxygen atoms in total. The molecule has 1 aromatic carbocycles. The molecule has 2 N–H and O–H groups in total. The van der Waals surface area contributed by atoms with Crippen LogP contribution in [0.15, 0.2) is 51.8 Å². The van der Waals surface area contributed by atoms with Crippen molar-refractivity contribution in [2.45, 2.75) is 57.1 Å². The zero-order chi connectivity index (χ0) is 34.8. The van der Waals surface area contributed by atoms with Crippen LogP contribution in [0.1, 0.15) is 61.3 Å². The molecular weight excluding hydrogens is 638 g/mol. The third-order valence-corrected chi connectivity index (χ3v) is 9.85. The molecule has 4 aromatic heterocycles. The number of fused-ring (bicyclic) bond motifs is 3. The number of hydrogen-bond donors (Lipinski definition) is 2. The van der Waals surface area contributed by atoms with E-state index in [-0.39, 0.29) is 23.7 Å². The van der Waals surface area contributed by atoms with Gasteiger partial charge in [0.05, 0.1) is 25.9 Å². The summed E-state index contributed by atoms with van der Waals surface area (Å²) in [4.78, 5) is 37.7. The molecule has 1 saturated carbocycles. The standard InChI is InChI=1S/C19H22N4O3.C17H17N3O.CH2O2/c1-13-8-16(21-22(13)3)5-4-15-9-17(18(24)20-10-15)23-6-7-26-19(14(23)2)11-25-12-19;1-2-6-13-12(5-1)14-15(21-13)17(20-9-3-4-10-20)19-16(18-14)11-7-8-11;2-1-3/h8-10,14H,6-7,11-12H2,1-3H3,(H,20,24);1-2,5-6,11H,3-4,7-10H2;1H,(H,2,3). The van der Waals surface area contributed by atoms with Crippen molar-refractivity contribution in [3.05, 3.63) is 75.7 Å². The molecule has 13 heteroatoms. The number of pyridine rings is 1. The lowest BCUT2D eigenvalue weighted by molar-refractivity contribution is -0.228. The number of para-hydroxylation sites is 1. The van der Waals surface area contributed by atoms with Crippen molar-refractivity contribution in [2.75, 3.05) is 49.3 Å². The molecule has 1 atom stereocenters. The Morgan fingerprint density at radius 3 is 2.52 bits per heavy atom. The molecule has 4 fully saturated rings. The van der Waals surface area contributed by atoms with E-state index in [9.17, 15) is 4.79 Å². The molecule has 260 valence electrons. The number of nitrogens with one attached hydrogen (secondary N) is 1. The van der Waals surface area contributed by atoms with Crippen LogP contribution in [0.4, 0.5) is 11.5 Å². The fourth-order valence-electron chi connectivity index (χ4n) is 6.68. The third-order valence-electron chi connectivity index (χ3n) is 9.85. The molecule has 9 rings (SSSR count). The number of nitrogens with zero attached hydrogens (tertiary/aromatic N) is 6. The van der Waals surface area contributed by atoms with Gasteiger partial charge in [0, 0.05) is 55.4 Å². The minimum absolute atomic E-state index is 0.0627. The van der Waals surface area contributed by atoms with Crippen LogP contribution in [-0.2, 0) is 21.3 Å². The van der Waals surface area contributed by atoms with Gasteiger partial charge in [-0.2, -0.15) is 5.10 Å². The number of H-pyrrole nitrogens is 1. The monoisotopic (exact) mass is 679 g/mol. The highest BCUT2D eigenvalue weighted by molar-refractivity contribution is 6.05. The number of carbonyl (C=O) groups is 1. The summed E-state index contributed by atoms with van der Waals surface area (Å²) in [5.74, 6) is 8.73. The number of morpholine rings is 1. The van der Waals surface area contributed by atoms with Crippen molar-refractivity contribution >= 4 is 40.0 Å². The van der Waals surface area contributed by atoms with Gasteiger partial charge in [-0.05, 0) is 69.7 Å². The second-order valence-electron chi connectivity index (χ2n) is 13.2. The van der Waals surface area contributed by atoms with Crippen molar-refractivity contribution in [2.24, 2.45) is 7.05 Å². The smallest absolute Gasteiger partial charge is 0.290 e. The van der Waals surface area contributed by atoms with Gasteiger partial charge in [-0.15, -0.1) is 0 Å². The normalized spacial score (nSPS) is 19.2. The van der Waals surface area contributed by atoms with E-state index in [0.717, 1.165) is 58.1 Å². The number of ether oxygens (including phenoxy) is 2. The number of benzene rings is 1. The van der Waals surface area contributed by atoms with Gasteiger partial charge in [0.1, 0.15) is 33.9 Å². The minimum atomic E-state index is -0.308. The lowest BCUT2D eigenvalue weighted by Gasteiger charge is -2.53. The molecule has 1 spiro atoms. The first-order valence-electron chi connectivity index (χ1n) is 17.1. The summed E-state index contributed by atoms with van der Waals surface area (Å²) in [5.41, 5.74) is 5.47. The van der Waals surface area contributed by atoms with E-state index in [1.807, 2.05) is 44.3 Å². The van der Waals surface area contributed by atoms with E-state index >= 15 is 0 Å². The fourth-order valence-corrected chi connectivity index (χ4v) is 6.68. The lowest BCUT2D eigenvalue weighted by atomic mass is 9.90. The molecular formula is C37H41N7O6.